The van der Waals surface area contributed by atoms with Crippen molar-refractivity contribution in [3.05, 3.63) is 47.9 Å². The van der Waals surface area contributed by atoms with E-state index in [1.165, 1.54) is 6.34 Å². The average Bonchev–Trinajstić information content (AvgIpc) is 2.48. The maximum Gasteiger partial charge on any atom is 0.345 e. The van der Waals surface area contributed by atoms with Gasteiger partial charge in [-0.15, -0.1) is 0 Å². The van der Waals surface area contributed by atoms with Crippen molar-refractivity contribution in [3.8, 4) is 6.01 Å². The molecule has 0 aliphatic carbocycles. The van der Waals surface area contributed by atoms with E-state index >= 15 is 0 Å². The molecule has 0 aliphatic heterocycles. The minimum atomic E-state index is -0.701. The van der Waals surface area contributed by atoms with Gasteiger partial charge in [0.05, 0.1) is 18.1 Å². The van der Waals surface area contributed by atoms with Gasteiger partial charge in [0.15, 0.2) is 11.6 Å². The number of ether oxygens (including phenoxy) is 1. The number of carbonyl (C=O) groups is 1. The average molecular weight is 288 g/mol. The number of hydrogen-bond acceptors (Lipinski definition) is 5. The highest BCUT2D eigenvalue weighted by molar-refractivity contribution is 5.90. The van der Waals surface area contributed by atoms with Gasteiger partial charge < -0.3 is 9.64 Å². The van der Waals surface area contributed by atoms with Crippen LogP contribution in [-0.2, 0) is 0 Å². The third-order valence-corrected chi connectivity index (χ3v) is 2.31. The van der Waals surface area contributed by atoms with E-state index in [0.717, 1.165) is 6.20 Å². The fourth-order valence-corrected chi connectivity index (χ4v) is 1.37. The molecule has 0 unspecified atom stereocenters. The van der Waals surface area contributed by atoms with Crippen molar-refractivity contribution in [1.29, 1.82) is 0 Å². The summed E-state index contributed by atoms with van der Waals surface area (Å²) < 4.78 is 18.5. The fourth-order valence-electron chi connectivity index (χ4n) is 1.37. The molecule has 1 heterocycles. The maximum absolute atomic E-state index is 13.5. The number of benzene rings is 1. The van der Waals surface area contributed by atoms with Crippen LogP contribution in [0.2, 0.25) is 0 Å². The maximum atomic E-state index is 13.5. The number of aliphatic imine (C=N–C) groups is 1. The predicted octanol–water partition coefficient (Wildman–Crippen LogP) is 2.06. The lowest BCUT2D eigenvalue weighted by Gasteiger charge is -2.04. The van der Waals surface area contributed by atoms with Crippen molar-refractivity contribution in [2.75, 3.05) is 14.1 Å². The number of nitrogens with zero attached hydrogens (tertiary/aromatic N) is 4. The number of rotatable bonds is 4. The number of hydrogen-bond donors (Lipinski definition) is 0. The van der Waals surface area contributed by atoms with Gasteiger partial charge in [0.1, 0.15) is 0 Å². The third kappa shape index (κ3) is 4.07. The standard InChI is InChI=1S/C14H13FN4O2/c1-19(2)9-17-12-11(15)8-16-14(18-12)21-13(20)10-6-4-3-5-7-10/h3-9H,1-2H3. The zero-order chi connectivity index (χ0) is 15.2. The van der Waals surface area contributed by atoms with Crippen LogP contribution in [0.3, 0.4) is 0 Å². The molecule has 0 saturated carbocycles. The molecular weight excluding hydrogens is 275 g/mol. The molecule has 108 valence electrons. The molecule has 0 N–H and O–H groups in total. The molecule has 0 bridgehead atoms. The van der Waals surface area contributed by atoms with Crippen LogP contribution in [0.5, 0.6) is 6.01 Å². The Hall–Kier alpha value is -2.83. The van der Waals surface area contributed by atoms with Crippen molar-refractivity contribution in [2.45, 2.75) is 0 Å². The van der Waals surface area contributed by atoms with Crippen molar-refractivity contribution >= 4 is 18.1 Å². The summed E-state index contributed by atoms with van der Waals surface area (Å²) in [5.74, 6) is -1.52. The Kier molecular flexibility index (Phi) is 4.55. The summed E-state index contributed by atoms with van der Waals surface area (Å²) >= 11 is 0. The van der Waals surface area contributed by atoms with E-state index in [0.29, 0.717) is 5.56 Å². The van der Waals surface area contributed by atoms with Crippen molar-refractivity contribution in [3.63, 3.8) is 0 Å². The Balaban J connectivity index is 2.18. The van der Waals surface area contributed by atoms with Gasteiger partial charge in [-0.1, -0.05) is 18.2 Å². The summed E-state index contributed by atoms with van der Waals surface area (Å²) in [5, 5.41) is 0. The first-order valence-corrected chi connectivity index (χ1v) is 6.06. The van der Waals surface area contributed by atoms with Gasteiger partial charge in [0.2, 0.25) is 0 Å². The largest absolute Gasteiger partial charge is 0.387 e. The fraction of sp³-hybridized carbons (Fsp3) is 0.143. The lowest BCUT2D eigenvalue weighted by atomic mass is 10.2. The number of halogens is 1. The topological polar surface area (TPSA) is 67.7 Å². The molecule has 0 aliphatic rings. The molecule has 2 rings (SSSR count). The van der Waals surface area contributed by atoms with Crippen LogP contribution in [-0.4, -0.2) is 41.3 Å². The second kappa shape index (κ2) is 6.56. The van der Waals surface area contributed by atoms with Gasteiger partial charge in [-0.2, -0.15) is 4.98 Å². The monoisotopic (exact) mass is 288 g/mol. The molecule has 21 heavy (non-hydrogen) atoms. The lowest BCUT2D eigenvalue weighted by Crippen LogP contribution is -2.11. The third-order valence-electron chi connectivity index (χ3n) is 2.31. The Bertz CT molecular complexity index is 659. The van der Waals surface area contributed by atoms with Gasteiger partial charge >= 0.3 is 12.0 Å². The minimum Gasteiger partial charge on any atom is -0.387 e. The van der Waals surface area contributed by atoms with E-state index in [9.17, 15) is 9.18 Å². The van der Waals surface area contributed by atoms with E-state index in [-0.39, 0.29) is 11.8 Å². The molecule has 6 nitrogen and oxygen atoms in total. The van der Waals surface area contributed by atoms with Gasteiger partial charge in [-0.3, -0.25) is 0 Å². The molecule has 0 spiro atoms. The first-order chi connectivity index (χ1) is 10.1. The Morgan fingerprint density at radius 1 is 1.33 bits per heavy atom. The van der Waals surface area contributed by atoms with E-state index in [2.05, 4.69) is 15.0 Å². The van der Waals surface area contributed by atoms with E-state index in [4.69, 9.17) is 4.74 Å². The Labute approximate surface area is 120 Å². The summed E-state index contributed by atoms with van der Waals surface area (Å²) in [4.78, 5) is 24.7. The number of esters is 1. The molecule has 1 aromatic carbocycles. The summed E-state index contributed by atoms with van der Waals surface area (Å²) in [7, 11) is 3.47. The van der Waals surface area contributed by atoms with Crippen LogP contribution in [0.25, 0.3) is 0 Å². The minimum absolute atomic E-state index is 0.199. The van der Waals surface area contributed by atoms with Crippen LogP contribution in [0.4, 0.5) is 10.2 Å². The van der Waals surface area contributed by atoms with Crippen molar-refractivity contribution in [1.82, 2.24) is 14.9 Å². The molecule has 1 aromatic heterocycles. The summed E-state index contributed by atoms with van der Waals surface area (Å²) in [5.41, 5.74) is 0.351. The van der Waals surface area contributed by atoms with Gasteiger partial charge in [-0.25, -0.2) is 19.2 Å². The van der Waals surface area contributed by atoms with Crippen LogP contribution >= 0.6 is 0 Å². The Morgan fingerprint density at radius 2 is 2.05 bits per heavy atom. The molecule has 2 aromatic rings. The normalized spacial score (nSPS) is 10.6. The first kappa shape index (κ1) is 14.6. The molecule has 7 heteroatoms. The molecule has 0 saturated heterocycles. The summed E-state index contributed by atoms with van der Waals surface area (Å²) in [6, 6.07) is 8.12. The molecular formula is C14H13FN4O2. The smallest absolute Gasteiger partial charge is 0.345 e. The number of aromatic nitrogens is 2. The highest BCUT2D eigenvalue weighted by atomic mass is 19.1. The molecule has 0 radical (unpaired) electrons. The predicted molar refractivity (Wildman–Crippen MR) is 75.2 cm³/mol. The van der Waals surface area contributed by atoms with Crippen molar-refractivity contribution < 1.29 is 13.9 Å². The van der Waals surface area contributed by atoms with E-state index < -0.39 is 11.8 Å². The Morgan fingerprint density at radius 3 is 2.71 bits per heavy atom. The van der Waals surface area contributed by atoms with Crippen LogP contribution in [0, 0.1) is 5.82 Å². The van der Waals surface area contributed by atoms with Crippen LogP contribution < -0.4 is 4.74 Å². The summed E-state index contributed by atoms with van der Waals surface area (Å²) in [6.45, 7) is 0. The summed E-state index contributed by atoms with van der Waals surface area (Å²) in [6.07, 6.45) is 2.29. The van der Waals surface area contributed by atoms with E-state index in [1.54, 1.807) is 49.3 Å². The van der Waals surface area contributed by atoms with Crippen LogP contribution in [0.15, 0.2) is 41.5 Å². The second-order valence-corrected chi connectivity index (χ2v) is 4.29. The van der Waals surface area contributed by atoms with Gasteiger partial charge in [-0.05, 0) is 12.1 Å². The van der Waals surface area contributed by atoms with Gasteiger partial charge in [0.25, 0.3) is 0 Å². The lowest BCUT2D eigenvalue weighted by molar-refractivity contribution is 0.0719. The number of carbonyl (C=O) groups excluding carboxylic acids is 1. The SMILES string of the molecule is CN(C)C=Nc1nc(OC(=O)c2ccccc2)ncc1F. The highest BCUT2D eigenvalue weighted by Gasteiger charge is 2.12. The van der Waals surface area contributed by atoms with Crippen LogP contribution in [0.1, 0.15) is 10.4 Å². The van der Waals surface area contributed by atoms with Crippen molar-refractivity contribution in [2.24, 2.45) is 4.99 Å². The van der Waals surface area contributed by atoms with E-state index in [1.807, 2.05) is 0 Å². The highest BCUT2D eigenvalue weighted by Crippen LogP contribution is 2.16. The second-order valence-electron chi connectivity index (χ2n) is 4.29. The zero-order valence-corrected chi connectivity index (χ0v) is 11.5. The first-order valence-electron chi connectivity index (χ1n) is 6.06. The molecule has 0 fully saturated rings. The van der Waals surface area contributed by atoms with Gasteiger partial charge in [0, 0.05) is 14.1 Å². The zero-order valence-electron chi connectivity index (χ0n) is 11.5. The molecule has 0 atom stereocenters. The molecule has 0 amide bonds. The quantitative estimate of drug-likeness (QED) is 0.489.